The number of hydrogen-bond donors (Lipinski definition) is 1. The first kappa shape index (κ1) is 29.5. The molecule has 0 unspecified atom stereocenters. The number of rotatable bonds is 7. The number of benzene rings is 3. The number of nitrogens with zero attached hydrogens (tertiary/aromatic N) is 3. The van der Waals surface area contributed by atoms with Gasteiger partial charge in [0.15, 0.2) is 0 Å². The predicted molar refractivity (Wildman–Crippen MR) is 177 cm³/mol. The van der Waals surface area contributed by atoms with Crippen LogP contribution in [0.3, 0.4) is 0 Å². The smallest absolute Gasteiger partial charge is 0.257 e. The van der Waals surface area contributed by atoms with E-state index in [9.17, 15) is 9.59 Å². The first-order chi connectivity index (χ1) is 21.4. The Morgan fingerprint density at radius 3 is 2.39 bits per heavy atom. The maximum Gasteiger partial charge on any atom is 0.257 e. The molecule has 1 fully saturated rings. The van der Waals surface area contributed by atoms with Crippen molar-refractivity contribution in [3.05, 3.63) is 125 Å². The summed E-state index contributed by atoms with van der Waals surface area (Å²) in [5, 5.41) is 4.38. The number of carbonyl (C=O) groups excluding carboxylic acids is 2. The summed E-state index contributed by atoms with van der Waals surface area (Å²) >= 11 is 6.41. The number of hydrogen-bond acceptors (Lipinski definition) is 4. The fourth-order valence-electron chi connectivity index (χ4n) is 5.93. The van der Waals surface area contributed by atoms with E-state index in [0.717, 1.165) is 35.9 Å². The molecule has 1 aliphatic rings. The Kier molecular flexibility index (Phi) is 8.71. The molecule has 222 valence electrons. The lowest BCUT2D eigenvalue weighted by Crippen LogP contribution is -2.38. The van der Waals surface area contributed by atoms with Gasteiger partial charge in [-0.1, -0.05) is 67.9 Å². The van der Waals surface area contributed by atoms with Crippen molar-refractivity contribution in [1.29, 1.82) is 0 Å². The zero-order chi connectivity index (χ0) is 30.6. The van der Waals surface area contributed by atoms with Crippen molar-refractivity contribution in [2.45, 2.75) is 39.0 Å². The monoisotopic (exact) mass is 602 g/mol. The second kappa shape index (κ2) is 13.0. The maximum atomic E-state index is 13.5. The van der Waals surface area contributed by atoms with Crippen molar-refractivity contribution in [2.24, 2.45) is 5.92 Å². The molecule has 44 heavy (non-hydrogen) atoms. The van der Waals surface area contributed by atoms with Gasteiger partial charge in [-0.25, -0.2) is 0 Å². The molecule has 1 aliphatic heterocycles. The Balaban J connectivity index is 1.08. The topological polar surface area (TPSA) is 75.2 Å². The summed E-state index contributed by atoms with van der Waals surface area (Å²) in [7, 11) is 0. The molecule has 0 radical (unpaired) electrons. The summed E-state index contributed by atoms with van der Waals surface area (Å²) < 4.78 is 0. The van der Waals surface area contributed by atoms with Crippen LogP contribution >= 0.6 is 11.6 Å². The Labute approximate surface area is 263 Å². The molecule has 3 heterocycles. The number of nitrogens with one attached hydrogen (secondary N) is 1. The molecule has 1 N–H and O–H groups in total. The lowest BCUT2D eigenvalue weighted by molar-refractivity contribution is 0.0712. The standard InChI is InChI=1S/C37H35ClN4O2/c1-24(2)21-30-13-11-29(23-40-30)36(43)41-35-22-28(12-14-33(35)38)37(44)42-19-16-26(17-20-42)25-7-9-27(10-8-25)31-15-18-39-34-6-4-3-5-32(31)34/h3-15,18,22-24,26H,16-17,19-21H2,1-2H3,(H,41,43). The van der Waals surface area contributed by atoms with Crippen molar-refractivity contribution in [2.75, 3.05) is 18.4 Å². The lowest BCUT2D eigenvalue weighted by atomic mass is 9.88. The fraction of sp³-hybridized carbons (Fsp3) is 0.243. The summed E-state index contributed by atoms with van der Waals surface area (Å²) in [5.41, 5.74) is 6.93. The average Bonchev–Trinajstić information content (AvgIpc) is 3.05. The molecule has 0 bridgehead atoms. The highest BCUT2D eigenvalue weighted by atomic mass is 35.5. The third-order valence-corrected chi connectivity index (χ3v) is 8.62. The van der Waals surface area contributed by atoms with Gasteiger partial charge in [0.1, 0.15) is 0 Å². The second-order valence-electron chi connectivity index (χ2n) is 11.8. The van der Waals surface area contributed by atoms with E-state index >= 15 is 0 Å². The molecule has 0 aliphatic carbocycles. The van der Waals surface area contributed by atoms with E-state index in [4.69, 9.17) is 11.6 Å². The van der Waals surface area contributed by atoms with E-state index in [1.165, 1.54) is 16.7 Å². The minimum atomic E-state index is -0.316. The van der Waals surface area contributed by atoms with Gasteiger partial charge >= 0.3 is 0 Å². The zero-order valence-corrected chi connectivity index (χ0v) is 25.7. The van der Waals surface area contributed by atoms with Gasteiger partial charge in [0.25, 0.3) is 11.8 Å². The molecule has 0 spiro atoms. The highest BCUT2D eigenvalue weighted by Crippen LogP contribution is 2.33. The predicted octanol–water partition coefficient (Wildman–Crippen LogP) is 8.42. The van der Waals surface area contributed by atoms with Gasteiger partial charge in [-0.15, -0.1) is 0 Å². The zero-order valence-electron chi connectivity index (χ0n) is 25.0. The number of anilines is 1. The molecule has 2 amide bonds. The van der Waals surface area contributed by atoms with E-state index in [0.29, 0.717) is 46.8 Å². The van der Waals surface area contributed by atoms with Gasteiger partial charge in [-0.05, 0) is 90.3 Å². The number of fused-ring (bicyclic) bond motifs is 1. The van der Waals surface area contributed by atoms with Gasteiger partial charge in [-0.3, -0.25) is 19.6 Å². The minimum Gasteiger partial charge on any atom is -0.339 e. The highest BCUT2D eigenvalue weighted by Gasteiger charge is 2.25. The van der Waals surface area contributed by atoms with Gasteiger partial charge in [-0.2, -0.15) is 0 Å². The van der Waals surface area contributed by atoms with E-state index in [1.807, 2.05) is 35.4 Å². The van der Waals surface area contributed by atoms with E-state index < -0.39 is 0 Å². The second-order valence-corrected chi connectivity index (χ2v) is 12.3. The number of likely N-dealkylation sites (tertiary alicyclic amines) is 1. The van der Waals surface area contributed by atoms with Crippen LogP contribution in [0.15, 0.2) is 97.3 Å². The van der Waals surface area contributed by atoms with Crippen LogP contribution in [0.1, 0.15) is 64.6 Å². The lowest BCUT2D eigenvalue weighted by Gasteiger charge is -2.32. The number of piperidine rings is 1. The van der Waals surface area contributed by atoms with Crippen LogP contribution in [0, 0.1) is 5.92 Å². The van der Waals surface area contributed by atoms with Crippen LogP contribution in [0.2, 0.25) is 5.02 Å². The molecule has 6 nitrogen and oxygen atoms in total. The quantitative estimate of drug-likeness (QED) is 0.203. The summed E-state index contributed by atoms with van der Waals surface area (Å²) in [4.78, 5) is 37.1. The summed E-state index contributed by atoms with van der Waals surface area (Å²) in [5.74, 6) is 0.500. The maximum absolute atomic E-state index is 13.5. The number of para-hydroxylation sites is 1. The third kappa shape index (κ3) is 6.51. The number of halogens is 1. The molecule has 6 rings (SSSR count). The van der Waals surface area contributed by atoms with E-state index in [1.54, 1.807) is 30.5 Å². The SMILES string of the molecule is CC(C)Cc1ccc(C(=O)Nc2cc(C(=O)N3CCC(c4ccc(-c5ccnc6ccccc56)cc4)CC3)ccc2Cl)cn1. The first-order valence-corrected chi connectivity index (χ1v) is 15.5. The molecular formula is C37H35ClN4O2. The fourth-order valence-corrected chi connectivity index (χ4v) is 6.09. The Morgan fingerprint density at radius 2 is 1.66 bits per heavy atom. The molecule has 0 atom stereocenters. The average molecular weight is 603 g/mol. The van der Waals surface area contributed by atoms with Gasteiger partial charge in [0.2, 0.25) is 0 Å². The Hall–Kier alpha value is -4.55. The van der Waals surface area contributed by atoms with Crippen molar-refractivity contribution in [3.8, 4) is 11.1 Å². The van der Waals surface area contributed by atoms with Crippen LogP contribution < -0.4 is 5.32 Å². The first-order valence-electron chi connectivity index (χ1n) is 15.1. The molecule has 7 heteroatoms. The summed E-state index contributed by atoms with van der Waals surface area (Å²) in [6.07, 6.45) is 6.07. The van der Waals surface area contributed by atoms with Crippen LogP contribution in [-0.2, 0) is 6.42 Å². The molecule has 1 saturated heterocycles. The summed E-state index contributed by atoms with van der Waals surface area (Å²) in [6.45, 7) is 5.59. The molecule has 5 aromatic rings. The summed E-state index contributed by atoms with van der Waals surface area (Å²) in [6, 6.07) is 27.8. The third-order valence-electron chi connectivity index (χ3n) is 8.29. The highest BCUT2D eigenvalue weighted by molar-refractivity contribution is 6.34. The minimum absolute atomic E-state index is 0.0600. The van der Waals surface area contributed by atoms with E-state index in [-0.39, 0.29) is 11.8 Å². The molecule has 2 aromatic heterocycles. The molecule has 3 aromatic carbocycles. The van der Waals surface area contributed by atoms with E-state index in [2.05, 4.69) is 65.5 Å². The van der Waals surface area contributed by atoms with Crippen LogP contribution in [0.4, 0.5) is 5.69 Å². The van der Waals surface area contributed by atoms with Gasteiger partial charge in [0.05, 0.1) is 21.8 Å². The normalized spacial score (nSPS) is 13.8. The largest absolute Gasteiger partial charge is 0.339 e. The molecular weight excluding hydrogens is 568 g/mol. The van der Waals surface area contributed by atoms with Crippen molar-refractivity contribution in [1.82, 2.24) is 14.9 Å². The van der Waals surface area contributed by atoms with Crippen molar-refractivity contribution in [3.63, 3.8) is 0 Å². The Bertz CT molecular complexity index is 1790. The van der Waals surface area contributed by atoms with Crippen molar-refractivity contribution < 1.29 is 9.59 Å². The Morgan fingerprint density at radius 1 is 0.909 bits per heavy atom. The van der Waals surface area contributed by atoms with Crippen LogP contribution in [0.25, 0.3) is 22.0 Å². The number of amides is 2. The van der Waals surface area contributed by atoms with Crippen LogP contribution in [0.5, 0.6) is 0 Å². The van der Waals surface area contributed by atoms with Gasteiger partial charge in [0, 0.05) is 42.1 Å². The number of carbonyl (C=O) groups is 2. The van der Waals surface area contributed by atoms with Gasteiger partial charge < -0.3 is 10.2 Å². The molecule has 0 saturated carbocycles. The number of pyridine rings is 2. The van der Waals surface area contributed by atoms with Crippen molar-refractivity contribution >= 4 is 40.0 Å². The number of aromatic nitrogens is 2. The van der Waals surface area contributed by atoms with Crippen LogP contribution in [-0.4, -0.2) is 39.8 Å².